The number of hydrogen-bond acceptors (Lipinski definition) is 6. The lowest BCUT2D eigenvalue weighted by atomic mass is 9.84. The van der Waals surface area contributed by atoms with Crippen LogP contribution in [0.5, 0.6) is 0 Å². The number of methoxy groups -OCH3 is 1. The molecule has 1 unspecified atom stereocenters. The largest absolute Gasteiger partial charge is 0.466 e. The number of fused-ring (bicyclic) bond motifs is 1. The van der Waals surface area contributed by atoms with Crippen LogP contribution >= 0.6 is 0 Å². The summed E-state index contributed by atoms with van der Waals surface area (Å²) in [7, 11) is 1.34. The van der Waals surface area contributed by atoms with Gasteiger partial charge in [0, 0.05) is 18.1 Å². The lowest BCUT2D eigenvalue weighted by molar-refractivity contribution is -0.384. The molecule has 0 spiro atoms. The first kappa shape index (κ1) is 20.3. The number of carbonyl (C=O) groups excluding carboxylic acids is 1. The summed E-state index contributed by atoms with van der Waals surface area (Å²) < 4.78 is 10.5. The second-order valence-corrected chi connectivity index (χ2v) is 6.93. The van der Waals surface area contributed by atoms with Gasteiger partial charge in [-0.25, -0.2) is 9.78 Å². The summed E-state index contributed by atoms with van der Waals surface area (Å²) in [6.45, 7) is 4.02. The van der Waals surface area contributed by atoms with E-state index in [0.717, 1.165) is 11.1 Å². The Hall–Kier alpha value is -3.48. The van der Waals surface area contributed by atoms with Crippen LogP contribution in [0.4, 0.5) is 5.69 Å². The summed E-state index contributed by atoms with van der Waals surface area (Å²) in [4.78, 5) is 26.5. The van der Waals surface area contributed by atoms with Gasteiger partial charge in [-0.1, -0.05) is 42.8 Å². The number of aryl methyl sites for hydroxylation is 1. The highest BCUT2D eigenvalue weighted by Crippen LogP contribution is 2.37. The Morgan fingerprint density at radius 3 is 2.66 bits per heavy atom. The molecular weight excluding hydrogens is 372 g/mol. The zero-order valence-electron chi connectivity index (χ0n) is 16.5. The maximum Gasteiger partial charge on any atom is 0.330 e. The average molecular weight is 394 g/mol. The van der Waals surface area contributed by atoms with Crippen molar-refractivity contribution in [3.8, 4) is 0 Å². The van der Waals surface area contributed by atoms with Crippen molar-refractivity contribution in [3.05, 3.63) is 81.7 Å². The maximum absolute atomic E-state index is 11.4. The third-order valence-electron chi connectivity index (χ3n) is 4.94. The van der Waals surface area contributed by atoms with Crippen molar-refractivity contribution in [1.29, 1.82) is 0 Å². The minimum Gasteiger partial charge on any atom is -0.466 e. The van der Waals surface area contributed by atoms with Crippen LogP contribution in [0.1, 0.15) is 42.2 Å². The first-order chi connectivity index (χ1) is 13.9. The molecule has 3 rings (SSSR count). The van der Waals surface area contributed by atoms with E-state index in [1.54, 1.807) is 12.1 Å². The zero-order valence-corrected chi connectivity index (χ0v) is 16.5. The van der Waals surface area contributed by atoms with Gasteiger partial charge in [0.05, 0.1) is 18.1 Å². The number of nitro groups is 1. The third kappa shape index (κ3) is 4.68. The van der Waals surface area contributed by atoms with Crippen molar-refractivity contribution in [2.75, 3.05) is 7.11 Å². The van der Waals surface area contributed by atoms with Gasteiger partial charge in [0.1, 0.15) is 5.52 Å². The molecule has 0 aliphatic heterocycles. The molecule has 0 aliphatic rings. The molecule has 0 bridgehead atoms. The summed E-state index contributed by atoms with van der Waals surface area (Å²) in [5.74, 6) is -0.0296. The van der Waals surface area contributed by atoms with Crippen molar-refractivity contribution in [2.24, 2.45) is 0 Å². The summed E-state index contributed by atoms with van der Waals surface area (Å²) in [5.41, 5.74) is 3.16. The predicted octanol–water partition coefficient (Wildman–Crippen LogP) is 5.05. The molecule has 0 saturated heterocycles. The van der Waals surface area contributed by atoms with Gasteiger partial charge >= 0.3 is 5.97 Å². The fraction of sp³-hybridized carbons (Fsp3) is 0.273. The number of ether oxygens (including phenoxy) is 1. The van der Waals surface area contributed by atoms with Crippen LogP contribution < -0.4 is 0 Å². The van der Waals surface area contributed by atoms with Crippen LogP contribution in [0, 0.1) is 17.0 Å². The molecule has 29 heavy (non-hydrogen) atoms. The number of hydrogen-bond donors (Lipinski definition) is 0. The quantitative estimate of drug-likeness (QED) is 0.241. The molecule has 150 valence electrons. The smallest absolute Gasteiger partial charge is 0.330 e. The number of nitrogens with zero attached hydrogens (tertiary/aromatic N) is 2. The van der Waals surface area contributed by atoms with Crippen LogP contribution in [0.2, 0.25) is 0 Å². The monoisotopic (exact) mass is 394 g/mol. The van der Waals surface area contributed by atoms with Gasteiger partial charge in [-0.15, -0.1) is 0 Å². The van der Waals surface area contributed by atoms with Crippen LogP contribution in [0.3, 0.4) is 0 Å². The maximum atomic E-state index is 11.4. The van der Waals surface area contributed by atoms with Crippen LogP contribution in [0.15, 0.2) is 59.0 Å². The minimum atomic E-state index is -0.461. The molecule has 2 atom stereocenters. The second-order valence-electron chi connectivity index (χ2n) is 6.93. The Bertz CT molecular complexity index is 1050. The minimum absolute atomic E-state index is 0.000413. The number of allylic oxidation sites excluding steroid dienone is 1. The molecule has 0 saturated carbocycles. The zero-order chi connectivity index (χ0) is 21.0. The van der Waals surface area contributed by atoms with E-state index in [-0.39, 0.29) is 17.5 Å². The Morgan fingerprint density at radius 1 is 1.28 bits per heavy atom. The molecule has 2 aromatic carbocycles. The summed E-state index contributed by atoms with van der Waals surface area (Å²) in [6.07, 6.45) is 3.77. The van der Waals surface area contributed by atoms with Crippen LogP contribution in [-0.2, 0) is 9.53 Å². The van der Waals surface area contributed by atoms with E-state index >= 15 is 0 Å². The number of non-ortho nitro benzene ring substituents is 1. The van der Waals surface area contributed by atoms with Crippen molar-refractivity contribution in [2.45, 2.75) is 32.1 Å². The normalized spacial score (nSPS) is 13.5. The molecule has 7 heteroatoms. The van der Waals surface area contributed by atoms with E-state index in [1.165, 1.54) is 25.3 Å². The van der Waals surface area contributed by atoms with Crippen molar-refractivity contribution in [3.63, 3.8) is 0 Å². The first-order valence-electron chi connectivity index (χ1n) is 9.25. The molecule has 1 heterocycles. The fourth-order valence-electron chi connectivity index (χ4n) is 3.23. The number of esters is 1. The Kier molecular flexibility index (Phi) is 6.07. The molecule has 0 radical (unpaired) electrons. The van der Waals surface area contributed by atoms with E-state index in [2.05, 4.69) is 21.9 Å². The van der Waals surface area contributed by atoms with E-state index in [4.69, 9.17) is 4.42 Å². The summed E-state index contributed by atoms with van der Waals surface area (Å²) in [6, 6.07) is 12.6. The first-order valence-corrected chi connectivity index (χ1v) is 9.25. The van der Waals surface area contributed by atoms with Gasteiger partial charge in [0.25, 0.3) is 5.69 Å². The molecule has 1 aromatic heterocycles. The Balaban J connectivity index is 1.94. The third-order valence-corrected chi connectivity index (χ3v) is 4.94. The van der Waals surface area contributed by atoms with Crippen molar-refractivity contribution in [1.82, 2.24) is 4.98 Å². The standard InChI is InChI=1S/C22H22N2O5/c1-14-7-9-16(10-8-14)18(5-4-6-21(25)28-3)15(2)22-23-19-12-11-17(24(26)27)13-20(19)29-22/h4,6-13,15,18H,5H2,1-3H3/b6-4+/t15?,18-/m1/s1. The van der Waals surface area contributed by atoms with Crippen LogP contribution in [-0.4, -0.2) is 23.0 Å². The number of rotatable bonds is 7. The van der Waals surface area contributed by atoms with Gasteiger partial charge in [0.2, 0.25) is 0 Å². The van der Waals surface area contributed by atoms with E-state index < -0.39 is 10.9 Å². The lowest BCUT2D eigenvalue weighted by Crippen LogP contribution is -2.09. The Labute approximate surface area is 168 Å². The van der Waals surface area contributed by atoms with Crippen molar-refractivity contribution < 1.29 is 18.9 Å². The molecular formula is C22H22N2O5. The van der Waals surface area contributed by atoms with Crippen molar-refractivity contribution >= 4 is 22.8 Å². The topological polar surface area (TPSA) is 95.5 Å². The molecule has 7 nitrogen and oxygen atoms in total. The number of benzene rings is 2. The highest BCUT2D eigenvalue weighted by atomic mass is 16.6. The number of carbonyl (C=O) groups is 1. The molecule has 0 aliphatic carbocycles. The van der Waals surface area contributed by atoms with E-state index in [9.17, 15) is 14.9 Å². The van der Waals surface area contributed by atoms with Gasteiger partial charge in [0.15, 0.2) is 11.5 Å². The Morgan fingerprint density at radius 2 is 2.00 bits per heavy atom. The lowest BCUT2D eigenvalue weighted by Gasteiger charge is -2.21. The number of nitro benzene ring substituents is 1. The molecule has 0 amide bonds. The van der Waals surface area contributed by atoms with Gasteiger partial charge < -0.3 is 9.15 Å². The summed E-state index contributed by atoms with van der Waals surface area (Å²) in [5, 5.41) is 11.0. The number of oxazole rings is 1. The number of aromatic nitrogens is 1. The van der Waals surface area contributed by atoms with E-state index in [1.807, 2.05) is 26.0 Å². The molecule has 0 N–H and O–H groups in total. The SMILES string of the molecule is COC(=O)/C=C/C[C@@H](c1ccc(C)cc1)C(C)c1nc2ccc([N+](=O)[O-])cc2o1. The molecule has 3 aromatic rings. The predicted molar refractivity (Wildman–Crippen MR) is 109 cm³/mol. The van der Waals surface area contributed by atoms with Gasteiger partial charge in [-0.2, -0.15) is 0 Å². The van der Waals surface area contributed by atoms with Gasteiger partial charge in [-0.05, 0) is 30.9 Å². The average Bonchev–Trinajstić information content (AvgIpc) is 3.14. The van der Waals surface area contributed by atoms with E-state index in [0.29, 0.717) is 23.4 Å². The highest BCUT2D eigenvalue weighted by Gasteiger charge is 2.25. The highest BCUT2D eigenvalue weighted by molar-refractivity contribution is 5.81. The second kappa shape index (κ2) is 8.68. The fourth-order valence-corrected chi connectivity index (χ4v) is 3.23. The molecule has 0 fully saturated rings. The van der Waals surface area contributed by atoms with Crippen LogP contribution in [0.25, 0.3) is 11.1 Å². The summed E-state index contributed by atoms with van der Waals surface area (Å²) >= 11 is 0. The van der Waals surface area contributed by atoms with Gasteiger partial charge in [-0.3, -0.25) is 10.1 Å².